The van der Waals surface area contributed by atoms with Crippen LogP contribution >= 0.6 is 7.15 Å². The zero-order valence-electron chi connectivity index (χ0n) is 13.5. The average Bonchev–Trinajstić information content (AvgIpc) is 2.37. The van der Waals surface area contributed by atoms with Gasteiger partial charge in [-0.1, -0.05) is 12.1 Å². The number of hydrogen-bond donors (Lipinski definition) is 0. The zero-order chi connectivity index (χ0) is 15.6. The van der Waals surface area contributed by atoms with Crippen LogP contribution in [0.5, 0.6) is 11.5 Å². The van der Waals surface area contributed by atoms with Crippen molar-refractivity contribution < 1.29 is 43.5 Å². The van der Waals surface area contributed by atoms with E-state index >= 15 is 0 Å². The van der Waals surface area contributed by atoms with Gasteiger partial charge in [-0.25, -0.2) is 0 Å². The molecule has 0 radical (unpaired) electrons. The summed E-state index contributed by atoms with van der Waals surface area (Å²) in [6, 6.07) is 10.9. The Balaban J connectivity index is 0.00000242. The SMILES string of the molecule is Cc1ccc(O[P+]([O-])([S-])Oc2ccc(C)c(C)c2)cc1C.[Na+]. The monoisotopic (exact) mass is 344 g/mol. The van der Waals surface area contributed by atoms with Crippen molar-refractivity contribution in [1.82, 2.24) is 0 Å². The quantitative estimate of drug-likeness (QED) is 0.471. The van der Waals surface area contributed by atoms with Crippen LogP contribution in [0.1, 0.15) is 22.3 Å². The first-order valence-corrected chi connectivity index (χ1v) is 9.17. The van der Waals surface area contributed by atoms with E-state index in [1.54, 1.807) is 24.3 Å². The van der Waals surface area contributed by atoms with Crippen molar-refractivity contribution >= 4 is 19.4 Å². The Morgan fingerprint density at radius 3 is 1.45 bits per heavy atom. The molecule has 2 aromatic rings. The van der Waals surface area contributed by atoms with Crippen molar-refractivity contribution in [1.29, 1.82) is 0 Å². The topological polar surface area (TPSA) is 41.5 Å². The van der Waals surface area contributed by atoms with Crippen molar-refractivity contribution in [3.05, 3.63) is 58.7 Å². The molecule has 2 rings (SSSR count). The van der Waals surface area contributed by atoms with Crippen molar-refractivity contribution in [2.75, 3.05) is 0 Å². The molecule has 0 aromatic heterocycles. The molecule has 0 aliphatic heterocycles. The fraction of sp³-hybridized carbons (Fsp3) is 0.250. The second-order valence-electron chi connectivity index (χ2n) is 5.12. The van der Waals surface area contributed by atoms with E-state index in [-0.39, 0.29) is 29.6 Å². The van der Waals surface area contributed by atoms with Gasteiger partial charge < -0.3 is 26.2 Å². The fourth-order valence-corrected chi connectivity index (χ4v) is 3.12. The molecule has 0 heterocycles. The number of aryl methyl sites for hydroxylation is 4. The molecule has 0 saturated heterocycles. The zero-order valence-corrected chi connectivity index (χ0v) is 17.3. The van der Waals surface area contributed by atoms with Gasteiger partial charge in [0.25, 0.3) is 0 Å². The first-order chi connectivity index (χ1) is 9.77. The van der Waals surface area contributed by atoms with E-state index in [9.17, 15) is 4.89 Å². The van der Waals surface area contributed by atoms with Crippen LogP contribution in [0, 0.1) is 27.7 Å². The van der Waals surface area contributed by atoms with E-state index in [0.717, 1.165) is 22.3 Å². The van der Waals surface area contributed by atoms with Gasteiger partial charge >= 0.3 is 29.6 Å². The molecular formula is C16H18NaO3PS. The van der Waals surface area contributed by atoms with Gasteiger partial charge in [-0.2, -0.15) is 0 Å². The normalized spacial score (nSPS) is 10.8. The summed E-state index contributed by atoms with van der Waals surface area (Å²) in [6.45, 7) is 7.91. The van der Waals surface area contributed by atoms with Gasteiger partial charge in [0.05, 0.1) is 0 Å². The second-order valence-corrected chi connectivity index (χ2v) is 7.72. The largest absolute Gasteiger partial charge is 1.00 e. The van der Waals surface area contributed by atoms with Crippen LogP contribution in [-0.2, 0) is 12.2 Å². The Kier molecular flexibility index (Phi) is 7.25. The van der Waals surface area contributed by atoms with E-state index in [1.165, 1.54) is 0 Å². The maximum Gasteiger partial charge on any atom is 1.00 e. The van der Waals surface area contributed by atoms with Gasteiger partial charge in [0.15, 0.2) is 11.5 Å². The molecule has 0 spiro atoms. The van der Waals surface area contributed by atoms with E-state index in [2.05, 4.69) is 0 Å². The van der Waals surface area contributed by atoms with Crippen molar-refractivity contribution in [2.24, 2.45) is 0 Å². The summed E-state index contributed by atoms with van der Waals surface area (Å²) < 4.78 is 10.7. The molecule has 0 amide bonds. The van der Waals surface area contributed by atoms with Crippen LogP contribution in [-0.4, -0.2) is 0 Å². The standard InChI is InChI=1S/C16H19O3PS.Na/c1-11-5-7-15(9-13(11)3)18-20(17,21)19-16-8-6-12(2)14(4)10-16;/h5-10H,1-4H3,(H,17,21);/q;+1/p-1. The van der Waals surface area contributed by atoms with E-state index in [1.807, 2.05) is 39.8 Å². The predicted molar refractivity (Wildman–Crippen MR) is 87.4 cm³/mol. The van der Waals surface area contributed by atoms with Crippen LogP contribution in [0.25, 0.3) is 0 Å². The summed E-state index contributed by atoms with van der Waals surface area (Å²) >= 11 is 4.97. The maximum absolute atomic E-state index is 12.3. The van der Waals surface area contributed by atoms with Crippen LogP contribution < -0.4 is 43.5 Å². The molecular weight excluding hydrogens is 326 g/mol. The third-order valence-electron chi connectivity index (χ3n) is 3.39. The van der Waals surface area contributed by atoms with Crippen molar-refractivity contribution in [2.45, 2.75) is 27.7 Å². The van der Waals surface area contributed by atoms with E-state index in [0.29, 0.717) is 11.5 Å². The average molecular weight is 344 g/mol. The summed E-state index contributed by atoms with van der Waals surface area (Å²) in [5, 5.41) is 0. The minimum Gasteiger partial charge on any atom is -0.634 e. The van der Waals surface area contributed by atoms with Crippen LogP contribution in [0.15, 0.2) is 36.4 Å². The molecule has 0 unspecified atom stereocenters. The third kappa shape index (κ3) is 5.45. The Morgan fingerprint density at radius 2 is 1.14 bits per heavy atom. The van der Waals surface area contributed by atoms with Crippen LogP contribution in [0.4, 0.5) is 0 Å². The predicted octanol–water partition coefficient (Wildman–Crippen LogP) is 0.967. The summed E-state index contributed by atoms with van der Waals surface area (Å²) in [6.07, 6.45) is 0. The van der Waals surface area contributed by atoms with E-state index < -0.39 is 7.15 Å². The Morgan fingerprint density at radius 1 is 0.773 bits per heavy atom. The summed E-state index contributed by atoms with van der Waals surface area (Å²) in [5.74, 6) is 0.917. The molecule has 22 heavy (non-hydrogen) atoms. The molecule has 0 aliphatic rings. The number of benzene rings is 2. The summed E-state index contributed by atoms with van der Waals surface area (Å²) in [7, 11) is -3.62. The molecule has 0 fully saturated rings. The Bertz CT molecular complexity index is 606. The first kappa shape index (κ1) is 19.8. The summed E-state index contributed by atoms with van der Waals surface area (Å²) in [5.41, 5.74) is 4.37. The molecule has 0 saturated carbocycles. The first-order valence-electron chi connectivity index (χ1n) is 6.61. The molecule has 0 bridgehead atoms. The number of hydrogen-bond acceptors (Lipinski definition) is 4. The van der Waals surface area contributed by atoms with Gasteiger partial charge in [-0.3, -0.25) is 0 Å². The van der Waals surface area contributed by atoms with Crippen LogP contribution in [0.2, 0.25) is 0 Å². The molecule has 0 aliphatic carbocycles. The van der Waals surface area contributed by atoms with Crippen molar-refractivity contribution in [3.63, 3.8) is 0 Å². The van der Waals surface area contributed by atoms with E-state index in [4.69, 9.17) is 21.3 Å². The molecule has 0 atom stereocenters. The Hall–Kier alpha value is -0.220. The Labute approximate surface area is 160 Å². The smallest absolute Gasteiger partial charge is 0.634 e. The second kappa shape index (κ2) is 8.05. The van der Waals surface area contributed by atoms with Gasteiger partial charge in [0.2, 0.25) is 7.15 Å². The van der Waals surface area contributed by atoms with Crippen molar-refractivity contribution in [3.8, 4) is 11.5 Å². The molecule has 6 heteroatoms. The third-order valence-corrected chi connectivity index (χ3v) is 4.71. The maximum atomic E-state index is 12.3. The molecule has 3 nitrogen and oxygen atoms in total. The minimum absolute atomic E-state index is 0. The van der Waals surface area contributed by atoms with Crippen LogP contribution in [0.3, 0.4) is 0 Å². The molecule has 112 valence electrons. The number of rotatable bonds is 4. The molecule has 2 aromatic carbocycles. The summed E-state index contributed by atoms with van der Waals surface area (Å²) in [4.78, 5) is 12.3. The minimum atomic E-state index is -3.62. The van der Waals surface area contributed by atoms with Gasteiger partial charge in [0.1, 0.15) is 0 Å². The fourth-order valence-electron chi connectivity index (χ4n) is 1.82. The van der Waals surface area contributed by atoms with Gasteiger partial charge in [-0.05, 0) is 74.2 Å². The molecule has 0 N–H and O–H groups in total. The van der Waals surface area contributed by atoms with Gasteiger partial charge in [-0.15, -0.1) is 0 Å². The van der Waals surface area contributed by atoms with Gasteiger partial charge in [0, 0.05) is 0 Å².